The molecule has 63 heavy (non-hydrogen) atoms. The van der Waals surface area contributed by atoms with Gasteiger partial charge < -0.3 is 14.4 Å². The Labute approximate surface area is 365 Å². The SMILES string of the molecule is c1ccc(-c2nc3ccccc3c3c2ccc2c4ccccc4n(-c4ccc(N(c5ccc(N(c6ccccc6)c6ccccc6)cc5)c5ccc6ccccc6c5)cc4)c23)cc1. The van der Waals surface area contributed by atoms with Crippen molar-refractivity contribution in [1.82, 2.24) is 9.55 Å². The Morgan fingerprint density at radius 3 is 1.51 bits per heavy atom. The van der Waals surface area contributed by atoms with Crippen molar-refractivity contribution in [3.8, 4) is 16.9 Å². The number of aromatic nitrogens is 2. The van der Waals surface area contributed by atoms with Gasteiger partial charge in [0.2, 0.25) is 0 Å². The Morgan fingerprint density at radius 1 is 0.333 bits per heavy atom. The maximum atomic E-state index is 5.27. The molecule has 0 saturated heterocycles. The van der Waals surface area contributed by atoms with Crippen LogP contribution in [0, 0.1) is 0 Å². The highest BCUT2D eigenvalue weighted by atomic mass is 15.2. The monoisotopic (exact) mass is 804 g/mol. The number of para-hydroxylation sites is 4. The van der Waals surface area contributed by atoms with E-state index in [2.05, 4.69) is 257 Å². The van der Waals surface area contributed by atoms with Crippen LogP contribution in [0.5, 0.6) is 0 Å². The van der Waals surface area contributed by atoms with Gasteiger partial charge in [0.05, 0.1) is 22.2 Å². The molecule has 0 saturated carbocycles. The zero-order chi connectivity index (χ0) is 41.7. The first-order chi connectivity index (χ1) is 31.3. The van der Waals surface area contributed by atoms with Crippen LogP contribution in [0.1, 0.15) is 0 Å². The first-order valence-electron chi connectivity index (χ1n) is 21.5. The van der Waals surface area contributed by atoms with Gasteiger partial charge in [0.25, 0.3) is 0 Å². The van der Waals surface area contributed by atoms with Crippen molar-refractivity contribution >= 4 is 88.4 Å². The molecule has 12 rings (SSSR count). The molecule has 296 valence electrons. The lowest BCUT2D eigenvalue weighted by atomic mass is 9.97. The van der Waals surface area contributed by atoms with E-state index in [1.165, 1.54) is 38.0 Å². The lowest BCUT2D eigenvalue weighted by Crippen LogP contribution is -2.12. The van der Waals surface area contributed by atoms with Crippen LogP contribution < -0.4 is 9.80 Å². The number of benzene rings is 10. The predicted molar refractivity (Wildman–Crippen MR) is 266 cm³/mol. The fourth-order valence-electron chi connectivity index (χ4n) is 9.44. The van der Waals surface area contributed by atoms with Crippen LogP contribution in [-0.4, -0.2) is 9.55 Å². The second-order valence-electron chi connectivity index (χ2n) is 16.0. The highest BCUT2D eigenvalue weighted by molar-refractivity contribution is 6.27. The average Bonchev–Trinajstić information content (AvgIpc) is 3.70. The molecule has 0 bridgehead atoms. The lowest BCUT2D eigenvalue weighted by molar-refractivity contribution is 1.18. The number of hydrogen-bond acceptors (Lipinski definition) is 3. The standard InChI is InChI=1S/C59H40N4/c1-4-17-42(18-5-1)58-54-39-38-52-51-24-13-15-27-56(51)63(59(52)57(54)53-25-12-14-26-55(53)60-58)49-36-34-48(35-37-49)62(50-29-28-41-16-10-11-19-43(41)40-50)47-32-30-46(31-33-47)61(44-20-6-2-7-21-44)45-22-8-3-9-23-45/h1-40H. The molecule has 12 aromatic rings. The largest absolute Gasteiger partial charge is 0.311 e. The molecule has 10 aromatic carbocycles. The molecule has 0 radical (unpaired) electrons. The highest BCUT2D eigenvalue weighted by Gasteiger charge is 2.21. The number of nitrogens with zero attached hydrogens (tertiary/aromatic N) is 4. The zero-order valence-electron chi connectivity index (χ0n) is 34.4. The summed E-state index contributed by atoms with van der Waals surface area (Å²) in [5.41, 5.74) is 13.0. The fourth-order valence-corrected chi connectivity index (χ4v) is 9.44. The molecular weight excluding hydrogens is 765 g/mol. The van der Waals surface area contributed by atoms with E-state index in [4.69, 9.17) is 4.98 Å². The van der Waals surface area contributed by atoms with E-state index >= 15 is 0 Å². The van der Waals surface area contributed by atoms with Crippen molar-refractivity contribution in [3.63, 3.8) is 0 Å². The van der Waals surface area contributed by atoms with Crippen molar-refractivity contribution in [2.45, 2.75) is 0 Å². The van der Waals surface area contributed by atoms with Crippen molar-refractivity contribution in [2.24, 2.45) is 0 Å². The predicted octanol–water partition coefficient (Wildman–Crippen LogP) is 16.2. The Balaban J connectivity index is 1.03. The van der Waals surface area contributed by atoms with Gasteiger partial charge in [-0.3, -0.25) is 0 Å². The number of fused-ring (bicyclic) bond motifs is 8. The van der Waals surface area contributed by atoms with E-state index < -0.39 is 0 Å². The summed E-state index contributed by atoms with van der Waals surface area (Å²) in [6, 6.07) is 86.9. The Hall–Kier alpha value is -8.47. The molecule has 4 nitrogen and oxygen atoms in total. The van der Waals surface area contributed by atoms with Gasteiger partial charge in [-0.05, 0) is 108 Å². The van der Waals surface area contributed by atoms with Crippen LogP contribution in [0.2, 0.25) is 0 Å². The van der Waals surface area contributed by atoms with E-state index in [0.29, 0.717) is 0 Å². The van der Waals surface area contributed by atoms with E-state index in [1.807, 2.05) is 0 Å². The maximum Gasteiger partial charge on any atom is 0.0788 e. The first kappa shape index (κ1) is 36.4. The first-order valence-corrected chi connectivity index (χ1v) is 21.5. The third-order valence-corrected chi connectivity index (χ3v) is 12.3. The summed E-state index contributed by atoms with van der Waals surface area (Å²) in [5.74, 6) is 0. The molecule has 0 unspecified atom stereocenters. The van der Waals surface area contributed by atoms with Crippen molar-refractivity contribution in [1.29, 1.82) is 0 Å². The Morgan fingerprint density at radius 2 is 0.825 bits per heavy atom. The molecule has 0 N–H and O–H groups in total. The molecule has 0 aliphatic heterocycles. The summed E-state index contributed by atoms with van der Waals surface area (Å²) in [6.45, 7) is 0. The third-order valence-electron chi connectivity index (χ3n) is 12.3. The van der Waals surface area contributed by atoms with Crippen LogP contribution in [0.4, 0.5) is 34.1 Å². The summed E-state index contributed by atoms with van der Waals surface area (Å²) < 4.78 is 2.45. The number of rotatable bonds is 8. The molecule has 2 aromatic heterocycles. The normalized spacial score (nSPS) is 11.5. The van der Waals surface area contributed by atoms with Gasteiger partial charge in [-0.2, -0.15) is 0 Å². The minimum Gasteiger partial charge on any atom is -0.311 e. The van der Waals surface area contributed by atoms with Crippen molar-refractivity contribution < 1.29 is 0 Å². The Kier molecular flexibility index (Phi) is 8.79. The maximum absolute atomic E-state index is 5.27. The molecule has 0 fully saturated rings. The quantitative estimate of drug-likeness (QED) is 0.143. The molecule has 0 aliphatic rings. The van der Waals surface area contributed by atoms with Crippen LogP contribution in [-0.2, 0) is 0 Å². The van der Waals surface area contributed by atoms with Gasteiger partial charge >= 0.3 is 0 Å². The average molecular weight is 805 g/mol. The second-order valence-corrected chi connectivity index (χ2v) is 16.0. The van der Waals surface area contributed by atoms with Crippen LogP contribution >= 0.6 is 0 Å². The van der Waals surface area contributed by atoms with Crippen molar-refractivity contribution in [2.75, 3.05) is 9.80 Å². The summed E-state index contributed by atoms with van der Waals surface area (Å²) in [6.07, 6.45) is 0. The van der Waals surface area contributed by atoms with Gasteiger partial charge in [-0.25, -0.2) is 4.98 Å². The molecule has 0 amide bonds. The minimum absolute atomic E-state index is 0.983. The third kappa shape index (κ3) is 6.27. The molecule has 2 heterocycles. The highest BCUT2D eigenvalue weighted by Crippen LogP contribution is 2.44. The van der Waals surface area contributed by atoms with Crippen LogP contribution in [0.3, 0.4) is 0 Å². The lowest BCUT2D eigenvalue weighted by Gasteiger charge is -2.28. The summed E-state index contributed by atoms with van der Waals surface area (Å²) in [7, 11) is 0. The molecule has 4 heteroatoms. The summed E-state index contributed by atoms with van der Waals surface area (Å²) in [5, 5.41) is 8.33. The number of hydrogen-bond donors (Lipinski definition) is 0. The summed E-state index contributed by atoms with van der Waals surface area (Å²) in [4.78, 5) is 9.94. The molecular formula is C59H40N4. The smallest absolute Gasteiger partial charge is 0.0788 e. The van der Waals surface area contributed by atoms with E-state index in [9.17, 15) is 0 Å². The van der Waals surface area contributed by atoms with Gasteiger partial charge in [-0.1, -0.05) is 146 Å². The van der Waals surface area contributed by atoms with Crippen molar-refractivity contribution in [3.05, 3.63) is 243 Å². The van der Waals surface area contributed by atoms with Gasteiger partial charge in [0, 0.05) is 72.3 Å². The molecule has 0 spiro atoms. The van der Waals surface area contributed by atoms with Crippen LogP contribution in [0.25, 0.3) is 71.2 Å². The van der Waals surface area contributed by atoms with Gasteiger partial charge in [0.15, 0.2) is 0 Å². The second kappa shape index (κ2) is 15.2. The molecule has 0 atom stereocenters. The van der Waals surface area contributed by atoms with E-state index in [1.54, 1.807) is 0 Å². The van der Waals surface area contributed by atoms with Crippen LogP contribution in [0.15, 0.2) is 243 Å². The number of pyridine rings is 1. The Bertz CT molecular complexity index is 3560. The summed E-state index contributed by atoms with van der Waals surface area (Å²) >= 11 is 0. The zero-order valence-corrected chi connectivity index (χ0v) is 34.4. The van der Waals surface area contributed by atoms with E-state index in [-0.39, 0.29) is 0 Å². The topological polar surface area (TPSA) is 24.3 Å². The van der Waals surface area contributed by atoms with Gasteiger partial charge in [-0.15, -0.1) is 0 Å². The minimum atomic E-state index is 0.983. The molecule has 0 aliphatic carbocycles. The van der Waals surface area contributed by atoms with E-state index in [0.717, 1.165) is 67.4 Å². The fraction of sp³-hybridized carbons (Fsp3) is 0. The van der Waals surface area contributed by atoms with Gasteiger partial charge in [0.1, 0.15) is 0 Å². The number of anilines is 6.